The zero-order valence-electron chi connectivity index (χ0n) is 16.3. The van der Waals surface area contributed by atoms with E-state index in [0.29, 0.717) is 24.2 Å². The number of hydrogen-bond donors (Lipinski definition) is 0. The molecule has 0 aliphatic carbocycles. The van der Waals surface area contributed by atoms with Gasteiger partial charge in [-0.15, -0.1) is 0 Å². The SMILES string of the molecule is Cc1nn(CC(C)C)c(C)c1CC(=O)N(CC(C)C)CC(C)C. The van der Waals surface area contributed by atoms with E-state index in [9.17, 15) is 4.79 Å². The van der Waals surface area contributed by atoms with Crippen LogP contribution in [0.4, 0.5) is 0 Å². The van der Waals surface area contributed by atoms with Gasteiger partial charge in [-0.1, -0.05) is 41.5 Å². The first kappa shape index (κ1) is 19.7. The van der Waals surface area contributed by atoms with Gasteiger partial charge in [0.05, 0.1) is 12.1 Å². The van der Waals surface area contributed by atoms with E-state index < -0.39 is 0 Å². The second-order valence-electron chi connectivity index (χ2n) is 7.99. The molecule has 4 heteroatoms. The van der Waals surface area contributed by atoms with E-state index in [1.54, 1.807) is 0 Å². The van der Waals surface area contributed by atoms with Crippen LogP contribution in [0.25, 0.3) is 0 Å². The van der Waals surface area contributed by atoms with Gasteiger partial charge in [0.25, 0.3) is 0 Å². The Balaban J connectivity index is 2.91. The number of aryl methyl sites for hydroxylation is 1. The van der Waals surface area contributed by atoms with Crippen LogP contribution in [0.15, 0.2) is 0 Å². The molecule has 4 nitrogen and oxygen atoms in total. The van der Waals surface area contributed by atoms with Crippen molar-refractivity contribution in [1.82, 2.24) is 14.7 Å². The number of amides is 1. The monoisotopic (exact) mass is 321 g/mol. The molecule has 1 rings (SSSR count). The Labute approximate surface area is 142 Å². The Bertz CT molecular complexity index is 505. The topological polar surface area (TPSA) is 38.1 Å². The van der Waals surface area contributed by atoms with Crippen molar-refractivity contribution in [2.75, 3.05) is 13.1 Å². The van der Waals surface area contributed by atoms with Crippen molar-refractivity contribution in [3.05, 3.63) is 17.0 Å². The van der Waals surface area contributed by atoms with Gasteiger partial charge in [-0.25, -0.2) is 0 Å². The van der Waals surface area contributed by atoms with Gasteiger partial charge in [0, 0.05) is 30.9 Å². The van der Waals surface area contributed by atoms with Crippen LogP contribution >= 0.6 is 0 Å². The molecule has 23 heavy (non-hydrogen) atoms. The Hall–Kier alpha value is -1.32. The maximum Gasteiger partial charge on any atom is 0.227 e. The first-order valence-corrected chi connectivity index (χ1v) is 8.92. The average Bonchev–Trinajstić information content (AvgIpc) is 2.63. The van der Waals surface area contributed by atoms with Gasteiger partial charge < -0.3 is 4.90 Å². The van der Waals surface area contributed by atoms with Crippen LogP contribution in [-0.2, 0) is 17.8 Å². The smallest absolute Gasteiger partial charge is 0.227 e. The normalized spacial score (nSPS) is 11.8. The number of nitrogens with zero attached hydrogens (tertiary/aromatic N) is 3. The first-order valence-electron chi connectivity index (χ1n) is 8.92. The minimum absolute atomic E-state index is 0.225. The van der Waals surface area contributed by atoms with Gasteiger partial charge in [0.15, 0.2) is 0 Å². The third-order valence-electron chi connectivity index (χ3n) is 3.92. The zero-order valence-corrected chi connectivity index (χ0v) is 16.3. The summed E-state index contributed by atoms with van der Waals surface area (Å²) in [5.74, 6) is 1.75. The van der Waals surface area contributed by atoms with Gasteiger partial charge in [-0.05, 0) is 31.6 Å². The van der Waals surface area contributed by atoms with Gasteiger partial charge in [-0.2, -0.15) is 5.10 Å². The van der Waals surface area contributed by atoms with Crippen molar-refractivity contribution in [2.24, 2.45) is 17.8 Å². The summed E-state index contributed by atoms with van der Waals surface area (Å²) in [6, 6.07) is 0. The summed E-state index contributed by atoms with van der Waals surface area (Å²) in [5, 5.41) is 4.63. The summed E-state index contributed by atoms with van der Waals surface area (Å²) >= 11 is 0. The Morgan fingerprint density at radius 3 is 1.96 bits per heavy atom. The molecule has 0 atom stereocenters. The summed E-state index contributed by atoms with van der Waals surface area (Å²) in [7, 11) is 0. The molecule has 1 heterocycles. The van der Waals surface area contributed by atoms with Crippen molar-refractivity contribution in [2.45, 2.75) is 68.4 Å². The lowest BCUT2D eigenvalue weighted by Crippen LogP contribution is -2.38. The van der Waals surface area contributed by atoms with Crippen molar-refractivity contribution in [1.29, 1.82) is 0 Å². The Morgan fingerprint density at radius 1 is 1.00 bits per heavy atom. The fourth-order valence-electron chi connectivity index (χ4n) is 2.94. The summed E-state index contributed by atoms with van der Waals surface area (Å²) in [4.78, 5) is 14.8. The molecule has 0 aliphatic rings. The highest BCUT2D eigenvalue weighted by Gasteiger charge is 2.21. The molecule has 0 aliphatic heterocycles. The van der Waals surface area contributed by atoms with E-state index in [1.165, 1.54) is 0 Å². The summed E-state index contributed by atoms with van der Waals surface area (Å²) < 4.78 is 2.05. The van der Waals surface area contributed by atoms with Crippen LogP contribution in [0.1, 0.15) is 58.5 Å². The lowest BCUT2D eigenvalue weighted by molar-refractivity contribution is -0.131. The van der Waals surface area contributed by atoms with E-state index in [2.05, 4.69) is 58.2 Å². The molecule has 0 bridgehead atoms. The zero-order chi connectivity index (χ0) is 17.7. The van der Waals surface area contributed by atoms with Crippen LogP contribution in [0, 0.1) is 31.6 Å². The number of rotatable bonds is 8. The third-order valence-corrected chi connectivity index (χ3v) is 3.92. The molecule has 1 aromatic heterocycles. The molecule has 0 fully saturated rings. The van der Waals surface area contributed by atoms with Crippen LogP contribution in [0.5, 0.6) is 0 Å². The van der Waals surface area contributed by atoms with Gasteiger partial charge >= 0.3 is 0 Å². The maximum atomic E-state index is 12.8. The van der Waals surface area contributed by atoms with Gasteiger partial charge in [-0.3, -0.25) is 9.48 Å². The largest absolute Gasteiger partial charge is 0.342 e. The molecule has 1 amide bonds. The highest BCUT2D eigenvalue weighted by atomic mass is 16.2. The molecule has 0 radical (unpaired) electrons. The van der Waals surface area contributed by atoms with Crippen molar-refractivity contribution >= 4 is 5.91 Å². The van der Waals surface area contributed by atoms with Crippen LogP contribution < -0.4 is 0 Å². The molecule has 132 valence electrons. The van der Waals surface area contributed by atoms with E-state index in [-0.39, 0.29) is 5.91 Å². The van der Waals surface area contributed by atoms with Crippen molar-refractivity contribution < 1.29 is 4.79 Å². The standard InChI is InChI=1S/C19H35N3O/c1-13(2)10-21(11-14(3)4)19(23)9-18-16(7)20-22(17(18)8)12-15(5)6/h13-15H,9-12H2,1-8H3. The van der Waals surface area contributed by atoms with Crippen molar-refractivity contribution in [3.8, 4) is 0 Å². The third kappa shape index (κ3) is 6.00. The van der Waals surface area contributed by atoms with E-state index in [0.717, 1.165) is 36.6 Å². The summed E-state index contributed by atoms with van der Waals surface area (Å²) in [6.07, 6.45) is 0.467. The van der Waals surface area contributed by atoms with Crippen molar-refractivity contribution in [3.63, 3.8) is 0 Å². The highest BCUT2D eigenvalue weighted by molar-refractivity contribution is 5.79. The average molecular weight is 322 g/mol. The van der Waals surface area contributed by atoms with Gasteiger partial charge in [0.2, 0.25) is 5.91 Å². The first-order chi connectivity index (χ1) is 10.6. The summed E-state index contributed by atoms with van der Waals surface area (Å²) in [6.45, 7) is 19.7. The molecule has 0 spiro atoms. The molecule has 1 aromatic rings. The summed E-state index contributed by atoms with van der Waals surface area (Å²) in [5.41, 5.74) is 3.23. The van der Waals surface area contributed by atoms with Crippen LogP contribution in [0.2, 0.25) is 0 Å². The van der Waals surface area contributed by atoms with Gasteiger partial charge in [0.1, 0.15) is 0 Å². The van der Waals surface area contributed by atoms with Crippen LogP contribution in [0.3, 0.4) is 0 Å². The molecule has 0 unspecified atom stereocenters. The quantitative estimate of drug-likeness (QED) is 0.729. The second kappa shape index (κ2) is 8.51. The Kier molecular flexibility index (Phi) is 7.30. The number of aromatic nitrogens is 2. The van der Waals surface area contributed by atoms with E-state index in [4.69, 9.17) is 0 Å². The predicted molar refractivity (Wildman–Crippen MR) is 96.5 cm³/mol. The molecular weight excluding hydrogens is 286 g/mol. The molecule has 0 saturated heterocycles. The fourth-order valence-corrected chi connectivity index (χ4v) is 2.94. The lowest BCUT2D eigenvalue weighted by Gasteiger charge is -2.26. The Morgan fingerprint density at radius 2 is 1.52 bits per heavy atom. The molecular formula is C19H35N3O. The highest BCUT2D eigenvalue weighted by Crippen LogP contribution is 2.17. The van der Waals surface area contributed by atoms with E-state index in [1.807, 2.05) is 11.8 Å². The van der Waals surface area contributed by atoms with E-state index >= 15 is 0 Å². The molecule has 0 saturated carbocycles. The second-order valence-corrected chi connectivity index (χ2v) is 7.99. The number of carbonyl (C=O) groups excluding carboxylic acids is 1. The number of hydrogen-bond acceptors (Lipinski definition) is 2. The maximum absolute atomic E-state index is 12.8. The molecule has 0 aromatic carbocycles. The number of carbonyl (C=O) groups is 1. The van der Waals surface area contributed by atoms with Crippen LogP contribution in [-0.4, -0.2) is 33.7 Å². The minimum Gasteiger partial charge on any atom is -0.342 e. The minimum atomic E-state index is 0.225. The molecule has 0 N–H and O–H groups in total. The fraction of sp³-hybridized carbons (Fsp3) is 0.789. The lowest BCUT2D eigenvalue weighted by atomic mass is 10.1. The predicted octanol–water partition coefficient (Wildman–Crippen LogP) is 3.84.